The molecule has 2 aromatic rings. The van der Waals surface area contributed by atoms with Crippen LogP contribution in [0.25, 0.3) is 0 Å². The Morgan fingerprint density at radius 2 is 1.86 bits per heavy atom. The van der Waals surface area contributed by atoms with Gasteiger partial charge < -0.3 is 10.0 Å². The first kappa shape index (κ1) is 20.0. The van der Waals surface area contributed by atoms with Crippen molar-refractivity contribution in [3.8, 4) is 5.75 Å². The fourth-order valence-electron chi connectivity index (χ4n) is 4.43. The minimum atomic E-state index is -0.551. The predicted octanol–water partition coefficient (Wildman–Crippen LogP) is 4.39. The largest absolute Gasteiger partial charge is 0.507 e. The maximum atomic E-state index is 14.6. The molecule has 4 rings (SSSR count). The molecule has 1 unspecified atom stereocenters. The van der Waals surface area contributed by atoms with Crippen LogP contribution in [0.2, 0.25) is 0 Å². The molecule has 2 aromatic carbocycles. The number of halogens is 2. The zero-order valence-electron chi connectivity index (χ0n) is 16.8. The van der Waals surface area contributed by atoms with E-state index in [4.69, 9.17) is 4.99 Å². The number of rotatable bonds is 3. The summed E-state index contributed by atoms with van der Waals surface area (Å²) < 4.78 is 28.5. The minimum absolute atomic E-state index is 0.154. The van der Waals surface area contributed by atoms with Crippen LogP contribution in [0.15, 0.2) is 47.5 Å². The number of para-hydroxylation sites is 1. The molecule has 154 valence electrons. The van der Waals surface area contributed by atoms with Crippen LogP contribution < -0.4 is 5.32 Å². The van der Waals surface area contributed by atoms with Crippen LogP contribution >= 0.6 is 0 Å². The molecule has 1 spiro atoms. The first-order chi connectivity index (χ1) is 13.9. The van der Waals surface area contributed by atoms with E-state index in [1.165, 1.54) is 12.1 Å². The standard InChI is InChI=1S/C23H27F2N3O/c1-15(2)28-11-9-23(10-12-28)26-20(17-5-3-4-6-22(17)29)14-21(27-23)18-13-16(24)7-8-19(18)25/h3-8,13,15,21,27,29H,9-12,14H2,1-2H3. The molecule has 2 aliphatic heterocycles. The van der Waals surface area contributed by atoms with Crippen LogP contribution in [0.3, 0.4) is 0 Å². The van der Waals surface area contributed by atoms with Crippen LogP contribution in [-0.2, 0) is 0 Å². The van der Waals surface area contributed by atoms with Crippen LogP contribution in [0.5, 0.6) is 5.75 Å². The number of likely N-dealkylation sites (tertiary alicyclic amines) is 1. The van der Waals surface area contributed by atoms with E-state index in [1.54, 1.807) is 12.1 Å². The average molecular weight is 399 g/mol. The first-order valence-electron chi connectivity index (χ1n) is 10.2. The topological polar surface area (TPSA) is 47.9 Å². The molecule has 1 fully saturated rings. The van der Waals surface area contributed by atoms with Crippen molar-refractivity contribution >= 4 is 5.71 Å². The Kier molecular flexibility index (Phi) is 5.40. The quantitative estimate of drug-likeness (QED) is 0.805. The molecule has 29 heavy (non-hydrogen) atoms. The van der Waals surface area contributed by atoms with E-state index in [0.717, 1.165) is 37.7 Å². The third-order valence-electron chi connectivity index (χ3n) is 6.09. The van der Waals surface area contributed by atoms with E-state index < -0.39 is 23.3 Å². The van der Waals surface area contributed by atoms with Crippen molar-refractivity contribution in [3.05, 3.63) is 65.2 Å². The van der Waals surface area contributed by atoms with Crippen molar-refractivity contribution in [2.24, 2.45) is 4.99 Å². The second kappa shape index (κ2) is 7.84. The van der Waals surface area contributed by atoms with Gasteiger partial charge in [0.2, 0.25) is 0 Å². The van der Waals surface area contributed by atoms with Gasteiger partial charge in [-0.1, -0.05) is 12.1 Å². The maximum Gasteiger partial charge on any atom is 0.128 e. The molecule has 2 heterocycles. The van der Waals surface area contributed by atoms with Crippen molar-refractivity contribution in [2.45, 2.75) is 50.9 Å². The monoisotopic (exact) mass is 399 g/mol. The molecule has 1 atom stereocenters. The maximum absolute atomic E-state index is 14.6. The predicted molar refractivity (Wildman–Crippen MR) is 110 cm³/mol. The van der Waals surface area contributed by atoms with Crippen molar-refractivity contribution in [1.29, 1.82) is 0 Å². The zero-order valence-corrected chi connectivity index (χ0v) is 16.8. The number of hydrogen-bond donors (Lipinski definition) is 2. The highest BCUT2D eigenvalue weighted by Crippen LogP contribution is 2.37. The van der Waals surface area contributed by atoms with E-state index in [2.05, 4.69) is 24.1 Å². The highest BCUT2D eigenvalue weighted by atomic mass is 19.1. The Hall–Kier alpha value is -2.31. The summed E-state index contributed by atoms with van der Waals surface area (Å²) in [5.41, 5.74) is 1.14. The highest BCUT2D eigenvalue weighted by Gasteiger charge is 2.41. The lowest BCUT2D eigenvalue weighted by Crippen LogP contribution is -2.57. The molecule has 2 N–H and O–H groups in total. The third kappa shape index (κ3) is 4.05. The molecule has 0 bridgehead atoms. The Morgan fingerprint density at radius 1 is 1.14 bits per heavy atom. The van der Waals surface area contributed by atoms with Crippen LogP contribution in [0, 0.1) is 11.6 Å². The number of phenolic OH excluding ortho intramolecular Hbond substituents is 1. The smallest absolute Gasteiger partial charge is 0.128 e. The number of aromatic hydroxyl groups is 1. The number of nitrogens with zero attached hydrogens (tertiary/aromatic N) is 2. The number of phenols is 1. The van der Waals surface area contributed by atoms with Gasteiger partial charge in [0.25, 0.3) is 0 Å². The summed E-state index contributed by atoms with van der Waals surface area (Å²) >= 11 is 0. The van der Waals surface area contributed by atoms with Crippen molar-refractivity contribution in [1.82, 2.24) is 10.2 Å². The van der Waals surface area contributed by atoms with Gasteiger partial charge in [0, 0.05) is 48.4 Å². The molecule has 0 radical (unpaired) electrons. The minimum Gasteiger partial charge on any atom is -0.507 e. The summed E-state index contributed by atoms with van der Waals surface area (Å²) in [7, 11) is 0. The van der Waals surface area contributed by atoms with Gasteiger partial charge in [0.1, 0.15) is 23.0 Å². The molecule has 6 heteroatoms. The fraction of sp³-hybridized carbons (Fsp3) is 0.435. The van der Waals surface area contributed by atoms with Gasteiger partial charge >= 0.3 is 0 Å². The summed E-state index contributed by atoms with van der Waals surface area (Å²) in [6, 6.07) is 10.7. The Bertz CT molecular complexity index is 920. The van der Waals surface area contributed by atoms with Gasteiger partial charge in [-0.15, -0.1) is 0 Å². The van der Waals surface area contributed by atoms with E-state index in [-0.39, 0.29) is 5.75 Å². The van der Waals surface area contributed by atoms with Crippen LogP contribution in [0.1, 0.15) is 50.3 Å². The van der Waals surface area contributed by atoms with Gasteiger partial charge in [-0.25, -0.2) is 8.78 Å². The van der Waals surface area contributed by atoms with E-state index in [1.807, 2.05) is 12.1 Å². The Balaban J connectivity index is 1.73. The van der Waals surface area contributed by atoms with Gasteiger partial charge in [0.05, 0.1) is 0 Å². The van der Waals surface area contributed by atoms with Crippen LogP contribution in [0.4, 0.5) is 8.78 Å². The Morgan fingerprint density at radius 3 is 2.55 bits per heavy atom. The van der Waals surface area contributed by atoms with Crippen molar-refractivity contribution < 1.29 is 13.9 Å². The summed E-state index contributed by atoms with van der Waals surface area (Å²) in [5, 5.41) is 13.9. The zero-order chi connectivity index (χ0) is 20.6. The number of piperidine rings is 1. The summed E-state index contributed by atoms with van der Waals surface area (Å²) in [5.74, 6) is -0.739. The summed E-state index contributed by atoms with van der Waals surface area (Å²) in [6.07, 6.45) is 1.93. The molecular weight excluding hydrogens is 372 g/mol. The molecule has 4 nitrogen and oxygen atoms in total. The lowest BCUT2D eigenvalue weighted by Gasteiger charge is -2.46. The summed E-state index contributed by atoms with van der Waals surface area (Å²) in [6.45, 7) is 6.10. The molecule has 0 aromatic heterocycles. The van der Waals surface area contributed by atoms with Gasteiger partial charge in [0.15, 0.2) is 0 Å². The SMILES string of the molecule is CC(C)N1CCC2(CC1)N=C(c1ccccc1O)CC(c1cc(F)ccc1F)N2. The summed E-state index contributed by atoms with van der Waals surface area (Å²) in [4.78, 5) is 7.43. The molecular formula is C23H27F2N3O. The lowest BCUT2D eigenvalue weighted by molar-refractivity contribution is 0.102. The Labute approximate surface area is 170 Å². The van der Waals surface area contributed by atoms with Crippen LogP contribution in [-0.4, -0.2) is 40.5 Å². The number of nitrogens with one attached hydrogen (secondary N) is 1. The second-order valence-corrected chi connectivity index (χ2v) is 8.30. The molecule has 2 aliphatic rings. The number of aliphatic imine (C=N–C) groups is 1. The van der Waals surface area contributed by atoms with Gasteiger partial charge in [-0.2, -0.15) is 0 Å². The van der Waals surface area contributed by atoms with E-state index >= 15 is 0 Å². The lowest BCUT2D eigenvalue weighted by atomic mass is 9.87. The molecule has 1 saturated heterocycles. The fourth-order valence-corrected chi connectivity index (χ4v) is 4.43. The van der Waals surface area contributed by atoms with Crippen molar-refractivity contribution in [3.63, 3.8) is 0 Å². The normalized spacial score (nSPS) is 22.1. The molecule has 0 saturated carbocycles. The number of benzene rings is 2. The third-order valence-corrected chi connectivity index (χ3v) is 6.09. The molecule has 0 aliphatic carbocycles. The number of hydrogen-bond acceptors (Lipinski definition) is 4. The second-order valence-electron chi connectivity index (χ2n) is 8.30. The van der Waals surface area contributed by atoms with Gasteiger partial charge in [-0.3, -0.25) is 10.3 Å². The average Bonchev–Trinajstić information content (AvgIpc) is 2.70. The molecule has 0 amide bonds. The first-order valence-corrected chi connectivity index (χ1v) is 10.2. The van der Waals surface area contributed by atoms with Crippen molar-refractivity contribution in [2.75, 3.05) is 13.1 Å². The van der Waals surface area contributed by atoms with Gasteiger partial charge in [-0.05, 0) is 57.0 Å². The van der Waals surface area contributed by atoms with E-state index in [0.29, 0.717) is 23.6 Å². The van der Waals surface area contributed by atoms with E-state index in [9.17, 15) is 13.9 Å². The highest BCUT2D eigenvalue weighted by molar-refractivity contribution is 6.03.